The Kier molecular flexibility index (Phi) is 6.89. The van der Waals surface area contributed by atoms with Gasteiger partial charge in [0.25, 0.3) is 0 Å². The van der Waals surface area contributed by atoms with E-state index in [1.807, 2.05) is 6.07 Å². The van der Waals surface area contributed by atoms with E-state index in [0.717, 1.165) is 57.5 Å². The Hall–Kier alpha value is -2.88. The second kappa shape index (κ2) is 10.4. The maximum absolute atomic E-state index is 5.98. The van der Waals surface area contributed by atoms with Crippen LogP contribution in [0.3, 0.4) is 0 Å². The van der Waals surface area contributed by atoms with Crippen molar-refractivity contribution in [3.8, 4) is 6.01 Å². The van der Waals surface area contributed by atoms with Crippen molar-refractivity contribution in [1.82, 2.24) is 20.3 Å². The van der Waals surface area contributed by atoms with Crippen LogP contribution in [0.2, 0.25) is 0 Å². The third-order valence-corrected chi connectivity index (χ3v) is 6.25. The number of fused-ring (bicyclic) bond motifs is 1. The fourth-order valence-electron chi connectivity index (χ4n) is 4.40. The quantitative estimate of drug-likeness (QED) is 0.585. The van der Waals surface area contributed by atoms with Gasteiger partial charge in [-0.15, -0.1) is 0 Å². The van der Waals surface area contributed by atoms with Gasteiger partial charge in [-0.1, -0.05) is 37.3 Å². The molecular formula is C24H32N6O3. The van der Waals surface area contributed by atoms with E-state index >= 15 is 0 Å². The van der Waals surface area contributed by atoms with Crippen molar-refractivity contribution in [2.45, 2.75) is 12.8 Å². The van der Waals surface area contributed by atoms with Crippen LogP contribution in [-0.4, -0.2) is 80.6 Å². The van der Waals surface area contributed by atoms with Gasteiger partial charge in [-0.2, -0.15) is 9.97 Å². The van der Waals surface area contributed by atoms with Crippen molar-refractivity contribution in [3.05, 3.63) is 47.5 Å². The zero-order chi connectivity index (χ0) is 22.5. The number of aromatic nitrogens is 2. The molecule has 2 fully saturated rings. The molecule has 9 heteroatoms. The molecule has 2 aromatic rings. The molecule has 1 aliphatic carbocycles. The second-order valence-electron chi connectivity index (χ2n) is 8.50. The lowest BCUT2D eigenvalue weighted by Crippen LogP contribution is -2.39. The number of nitrogens with zero attached hydrogens (tertiary/aromatic N) is 4. The lowest BCUT2D eigenvalue weighted by molar-refractivity contribution is 0.0317. The maximum atomic E-state index is 5.98. The molecule has 2 saturated heterocycles. The molecule has 0 radical (unpaired) electrons. The van der Waals surface area contributed by atoms with Crippen molar-refractivity contribution in [2.75, 3.05) is 76.1 Å². The minimum atomic E-state index is 0.374. The summed E-state index contributed by atoms with van der Waals surface area (Å²) in [5.74, 6) is 1.89. The molecule has 3 heterocycles. The summed E-state index contributed by atoms with van der Waals surface area (Å²) in [5, 5.41) is 0. The standard InChI is InChI=1S/C24H32N6O3/c1-18-16-21(20-5-3-2-4-19(18)20)27-28-22-17-23(30-9-13-32-14-10-30)26-24(25-22)33-15-8-29-6-11-31-12-7-29/h2-5,16-18,27H,6-15H2,1H3,(H,25,26,28). The number of anilines is 2. The van der Waals surface area contributed by atoms with Gasteiger partial charge in [0.05, 0.1) is 32.1 Å². The van der Waals surface area contributed by atoms with Gasteiger partial charge >= 0.3 is 6.01 Å². The van der Waals surface area contributed by atoms with E-state index in [0.29, 0.717) is 37.6 Å². The number of benzene rings is 1. The number of rotatable bonds is 8. The number of hydrogen-bond acceptors (Lipinski definition) is 9. The van der Waals surface area contributed by atoms with E-state index < -0.39 is 0 Å². The van der Waals surface area contributed by atoms with Crippen LogP contribution >= 0.6 is 0 Å². The zero-order valence-corrected chi connectivity index (χ0v) is 19.1. The SMILES string of the molecule is CC1C=C(NNc2cc(N3CCOCC3)nc(OCCN3CCOCC3)n2)c2ccccc21. The van der Waals surface area contributed by atoms with Crippen LogP contribution in [0.25, 0.3) is 5.70 Å². The van der Waals surface area contributed by atoms with E-state index in [4.69, 9.17) is 14.2 Å². The largest absolute Gasteiger partial charge is 0.462 e. The summed E-state index contributed by atoms with van der Waals surface area (Å²) in [6, 6.07) is 10.8. The lowest BCUT2D eigenvalue weighted by atomic mass is 10.0. The summed E-state index contributed by atoms with van der Waals surface area (Å²) >= 11 is 0. The minimum Gasteiger partial charge on any atom is -0.462 e. The Labute approximate surface area is 194 Å². The van der Waals surface area contributed by atoms with Gasteiger partial charge in [0.2, 0.25) is 0 Å². The Morgan fingerprint density at radius 1 is 1.00 bits per heavy atom. The van der Waals surface area contributed by atoms with Gasteiger partial charge < -0.3 is 19.1 Å². The van der Waals surface area contributed by atoms with Gasteiger partial charge in [-0.3, -0.25) is 15.8 Å². The molecule has 1 aromatic carbocycles. The average Bonchev–Trinajstić information content (AvgIpc) is 3.19. The molecule has 1 unspecified atom stereocenters. The second-order valence-corrected chi connectivity index (χ2v) is 8.50. The van der Waals surface area contributed by atoms with Crippen LogP contribution in [-0.2, 0) is 9.47 Å². The highest BCUT2D eigenvalue weighted by molar-refractivity contribution is 5.74. The number of ether oxygens (including phenoxy) is 3. The van der Waals surface area contributed by atoms with Crippen LogP contribution in [0.4, 0.5) is 11.6 Å². The first-order chi connectivity index (χ1) is 16.3. The molecule has 33 heavy (non-hydrogen) atoms. The van der Waals surface area contributed by atoms with E-state index in [9.17, 15) is 0 Å². The molecule has 0 spiro atoms. The summed E-state index contributed by atoms with van der Waals surface area (Å²) in [6.45, 7) is 9.98. The van der Waals surface area contributed by atoms with Gasteiger partial charge in [-0.05, 0) is 5.56 Å². The summed E-state index contributed by atoms with van der Waals surface area (Å²) in [7, 11) is 0. The fourth-order valence-corrected chi connectivity index (χ4v) is 4.40. The molecule has 1 atom stereocenters. The molecule has 176 valence electrons. The maximum Gasteiger partial charge on any atom is 0.320 e. The Balaban J connectivity index is 1.28. The van der Waals surface area contributed by atoms with Crippen LogP contribution in [0.15, 0.2) is 36.4 Å². The third kappa shape index (κ3) is 5.38. The molecule has 3 aliphatic rings. The zero-order valence-electron chi connectivity index (χ0n) is 19.1. The molecular weight excluding hydrogens is 420 g/mol. The number of hydrazine groups is 1. The molecule has 9 nitrogen and oxygen atoms in total. The smallest absolute Gasteiger partial charge is 0.320 e. The fraction of sp³-hybridized carbons (Fsp3) is 0.500. The predicted octanol–water partition coefficient (Wildman–Crippen LogP) is 2.10. The highest BCUT2D eigenvalue weighted by Crippen LogP contribution is 2.33. The highest BCUT2D eigenvalue weighted by Gasteiger charge is 2.20. The summed E-state index contributed by atoms with van der Waals surface area (Å²) < 4.78 is 16.9. The van der Waals surface area contributed by atoms with Crippen LogP contribution in [0.5, 0.6) is 6.01 Å². The Morgan fingerprint density at radius 2 is 1.76 bits per heavy atom. The van der Waals surface area contributed by atoms with Gasteiger partial charge in [0.1, 0.15) is 12.4 Å². The number of hydrogen-bond donors (Lipinski definition) is 2. The van der Waals surface area contributed by atoms with E-state index in [2.05, 4.69) is 67.9 Å². The van der Waals surface area contributed by atoms with Gasteiger partial charge in [0, 0.05) is 50.3 Å². The first-order valence-electron chi connectivity index (χ1n) is 11.7. The van der Waals surface area contributed by atoms with E-state index in [1.165, 1.54) is 11.1 Å². The molecule has 2 N–H and O–H groups in total. The van der Waals surface area contributed by atoms with Gasteiger partial charge in [0.15, 0.2) is 5.82 Å². The van der Waals surface area contributed by atoms with Crippen molar-refractivity contribution >= 4 is 17.3 Å². The van der Waals surface area contributed by atoms with Crippen LogP contribution in [0.1, 0.15) is 24.0 Å². The van der Waals surface area contributed by atoms with E-state index in [-0.39, 0.29) is 0 Å². The summed E-state index contributed by atoms with van der Waals surface area (Å²) in [5.41, 5.74) is 10.2. The number of nitrogens with one attached hydrogen (secondary N) is 2. The predicted molar refractivity (Wildman–Crippen MR) is 127 cm³/mol. The normalized spacial score (nSPS) is 20.8. The highest BCUT2D eigenvalue weighted by atomic mass is 16.5. The first kappa shape index (κ1) is 21.9. The first-order valence-corrected chi connectivity index (χ1v) is 11.7. The molecule has 5 rings (SSSR count). The Bertz CT molecular complexity index is 972. The van der Waals surface area contributed by atoms with E-state index in [1.54, 1.807) is 0 Å². The summed E-state index contributed by atoms with van der Waals surface area (Å²) in [4.78, 5) is 13.8. The monoisotopic (exact) mass is 452 g/mol. The Morgan fingerprint density at radius 3 is 2.58 bits per heavy atom. The summed E-state index contributed by atoms with van der Waals surface area (Å²) in [6.07, 6.45) is 2.22. The number of allylic oxidation sites excluding steroid dienone is 1. The van der Waals surface area contributed by atoms with Crippen LogP contribution in [0, 0.1) is 0 Å². The lowest BCUT2D eigenvalue weighted by Gasteiger charge is -2.28. The van der Waals surface area contributed by atoms with Gasteiger partial charge in [-0.25, -0.2) is 0 Å². The van der Waals surface area contributed by atoms with Crippen molar-refractivity contribution in [1.29, 1.82) is 0 Å². The topological polar surface area (TPSA) is 84.0 Å². The van der Waals surface area contributed by atoms with Crippen molar-refractivity contribution in [2.24, 2.45) is 0 Å². The third-order valence-electron chi connectivity index (χ3n) is 6.25. The van der Waals surface area contributed by atoms with Crippen molar-refractivity contribution in [3.63, 3.8) is 0 Å². The minimum absolute atomic E-state index is 0.374. The van der Waals surface area contributed by atoms with Crippen LogP contribution < -0.4 is 20.5 Å². The molecule has 0 saturated carbocycles. The number of morpholine rings is 2. The molecule has 0 bridgehead atoms. The average molecular weight is 453 g/mol. The molecule has 0 amide bonds. The van der Waals surface area contributed by atoms with Crippen molar-refractivity contribution < 1.29 is 14.2 Å². The molecule has 1 aromatic heterocycles. The molecule has 2 aliphatic heterocycles.